The lowest BCUT2D eigenvalue weighted by Gasteiger charge is -2.11. The molecule has 0 bridgehead atoms. The van der Waals surface area contributed by atoms with Crippen LogP contribution in [0, 0.1) is 17.6 Å². The van der Waals surface area contributed by atoms with Gasteiger partial charge in [0.25, 0.3) is 0 Å². The Hall–Kier alpha value is -1.16. The lowest BCUT2D eigenvalue weighted by molar-refractivity contribution is 0.404. The van der Waals surface area contributed by atoms with Crippen molar-refractivity contribution in [2.75, 3.05) is 0 Å². The highest BCUT2D eigenvalue weighted by molar-refractivity contribution is 5.32. The summed E-state index contributed by atoms with van der Waals surface area (Å²) in [4.78, 5) is 0. The third kappa shape index (κ3) is 1.57. The molecule has 0 aliphatic heterocycles. The Kier molecular flexibility index (Phi) is 2.15. The molecule has 4 heteroatoms. The molecule has 2 nitrogen and oxygen atoms in total. The van der Waals surface area contributed by atoms with Gasteiger partial charge >= 0.3 is 0 Å². The van der Waals surface area contributed by atoms with E-state index in [0.29, 0.717) is 11.5 Å². The van der Waals surface area contributed by atoms with Crippen LogP contribution >= 0.6 is 0 Å². The number of aromatic hydroxyl groups is 1. The van der Waals surface area contributed by atoms with Crippen molar-refractivity contribution < 1.29 is 13.9 Å². The van der Waals surface area contributed by atoms with Gasteiger partial charge in [0.1, 0.15) is 0 Å². The fourth-order valence-electron chi connectivity index (χ4n) is 1.51. The summed E-state index contributed by atoms with van der Waals surface area (Å²) >= 11 is 0. The second-order valence-electron chi connectivity index (χ2n) is 3.70. The summed E-state index contributed by atoms with van der Waals surface area (Å²) in [5.41, 5.74) is 6.25. The number of hydrogen-bond donors (Lipinski definition) is 2. The molecule has 1 aromatic rings. The molecule has 2 rings (SSSR count). The fourth-order valence-corrected chi connectivity index (χ4v) is 1.51. The van der Waals surface area contributed by atoms with Crippen molar-refractivity contribution in [3.05, 3.63) is 29.3 Å². The maximum Gasteiger partial charge on any atom is 0.200 e. The highest BCUT2D eigenvalue weighted by atomic mass is 19.2. The van der Waals surface area contributed by atoms with Gasteiger partial charge in [0.2, 0.25) is 0 Å². The monoisotopic (exact) mass is 199 g/mol. The van der Waals surface area contributed by atoms with Crippen molar-refractivity contribution in [3.63, 3.8) is 0 Å². The van der Waals surface area contributed by atoms with Gasteiger partial charge in [-0.05, 0) is 36.5 Å². The van der Waals surface area contributed by atoms with Crippen LogP contribution in [0.5, 0.6) is 5.75 Å². The Morgan fingerprint density at radius 1 is 1.36 bits per heavy atom. The summed E-state index contributed by atoms with van der Waals surface area (Å²) < 4.78 is 25.6. The Morgan fingerprint density at radius 3 is 2.50 bits per heavy atom. The largest absolute Gasteiger partial charge is 0.505 e. The van der Waals surface area contributed by atoms with E-state index in [2.05, 4.69) is 0 Å². The van der Waals surface area contributed by atoms with Crippen molar-refractivity contribution in [1.29, 1.82) is 0 Å². The smallest absolute Gasteiger partial charge is 0.200 e. The minimum atomic E-state index is -1.21. The predicted octanol–water partition coefficient (Wildman–Crippen LogP) is 2.08. The molecule has 0 saturated heterocycles. The second kappa shape index (κ2) is 3.20. The summed E-state index contributed by atoms with van der Waals surface area (Å²) in [6, 6.07) is 1.95. The highest BCUT2D eigenvalue weighted by Gasteiger charge is 2.30. The van der Waals surface area contributed by atoms with E-state index < -0.39 is 17.4 Å². The van der Waals surface area contributed by atoms with Crippen LogP contribution in [0.3, 0.4) is 0 Å². The molecule has 0 radical (unpaired) electrons. The van der Waals surface area contributed by atoms with E-state index in [1.807, 2.05) is 0 Å². The van der Waals surface area contributed by atoms with Crippen molar-refractivity contribution in [3.8, 4) is 5.75 Å². The molecule has 0 amide bonds. The fraction of sp³-hybridized carbons (Fsp3) is 0.400. The van der Waals surface area contributed by atoms with E-state index in [1.165, 1.54) is 6.07 Å². The molecule has 76 valence electrons. The van der Waals surface area contributed by atoms with Gasteiger partial charge in [-0.2, -0.15) is 4.39 Å². The Balaban J connectivity index is 2.34. The summed E-state index contributed by atoms with van der Waals surface area (Å²) in [6.45, 7) is 0. The zero-order valence-corrected chi connectivity index (χ0v) is 7.50. The molecule has 1 fully saturated rings. The van der Waals surface area contributed by atoms with E-state index in [9.17, 15) is 8.78 Å². The molecule has 3 N–H and O–H groups in total. The SMILES string of the molecule is N[C@@H](c1cc(O)c(F)c(F)c1)C1CC1. The van der Waals surface area contributed by atoms with Gasteiger partial charge in [-0.3, -0.25) is 0 Å². The zero-order valence-electron chi connectivity index (χ0n) is 7.50. The van der Waals surface area contributed by atoms with Crippen molar-refractivity contribution in [2.24, 2.45) is 11.7 Å². The topological polar surface area (TPSA) is 46.2 Å². The third-order valence-electron chi connectivity index (χ3n) is 2.55. The number of nitrogens with two attached hydrogens (primary N) is 1. The van der Waals surface area contributed by atoms with Gasteiger partial charge < -0.3 is 10.8 Å². The van der Waals surface area contributed by atoms with E-state index in [-0.39, 0.29) is 6.04 Å². The minimum Gasteiger partial charge on any atom is -0.505 e. The van der Waals surface area contributed by atoms with E-state index in [4.69, 9.17) is 10.8 Å². The first-order chi connectivity index (χ1) is 6.59. The average molecular weight is 199 g/mol. The number of hydrogen-bond acceptors (Lipinski definition) is 2. The summed E-state index contributed by atoms with van der Waals surface area (Å²) in [6.07, 6.45) is 2.03. The minimum absolute atomic E-state index is 0.295. The molecule has 0 unspecified atom stereocenters. The molecular formula is C10H11F2NO. The van der Waals surface area contributed by atoms with Gasteiger partial charge in [0.05, 0.1) is 0 Å². The number of phenols is 1. The first-order valence-corrected chi connectivity index (χ1v) is 4.53. The molecule has 0 aromatic heterocycles. The molecule has 1 aromatic carbocycles. The molecule has 1 aliphatic carbocycles. The maximum atomic E-state index is 12.9. The van der Waals surface area contributed by atoms with Gasteiger partial charge in [-0.1, -0.05) is 0 Å². The lowest BCUT2D eigenvalue weighted by Crippen LogP contribution is -2.12. The molecule has 14 heavy (non-hydrogen) atoms. The first kappa shape index (κ1) is 9.40. The van der Waals surface area contributed by atoms with E-state index >= 15 is 0 Å². The molecule has 0 heterocycles. The van der Waals surface area contributed by atoms with Gasteiger partial charge in [0, 0.05) is 6.04 Å². The molecule has 1 atom stereocenters. The van der Waals surface area contributed by atoms with Gasteiger partial charge in [-0.25, -0.2) is 4.39 Å². The van der Waals surface area contributed by atoms with Crippen LogP contribution < -0.4 is 5.73 Å². The zero-order chi connectivity index (χ0) is 10.3. The van der Waals surface area contributed by atoms with Crippen LogP contribution in [-0.2, 0) is 0 Å². The molecule has 1 aliphatic rings. The molecule has 1 saturated carbocycles. The van der Waals surface area contributed by atoms with Crippen LogP contribution in [-0.4, -0.2) is 5.11 Å². The normalized spacial score (nSPS) is 18.2. The van der Waals surface area contributed by atoms with Crippen LogP contribution in [0.4, 0.5) is 8.78 Å². The summed E-state index contributed by atoms with van der Waals surface area (Å²) in [5.74, 6) is -2.58. The van der Waals surface area contributed by atoms with Crippen LogP contribution in [0.1, 0.15) is 24.4 Å². The first-order valence-electron chi connectivity index (χ1n) is 4.53. The van der Waals surface area contributed by atoms with Crippen LogP contribution in [0.2, 0.25) is 0 Å². The lowest BCUT2D eigenvalue weighted by atomic mass is 10.0. The van der Waals surface area contributed by atoms with Crippen LogP contribution in [0.15, 0.2) is 12.1 Å². The number of benzene rings is 1. The maximum absolute atomic E-state index is 12.9. The standard InChI is InChI=1S/C10H11F2NO/c11-7-3-6(4-8(14)9(7)12)10(13)5-1-2-5/h3-5,10,14H,1-2,13H2/t10-/m1/s1. The molecular weight excluding hydrogens is 188 g/mol. The second-order valence-corrected chi connectivity index (χ2v) is 3.70. The van der Waals surface area contributed by atoms with Crippen molar-refractivity contribution in [1.82, 2.24) is 0 Å². The Labute approximate surface area is 80.4 Å². The van der Waals surface area contributed by atoms with Gasteiger partial charge in [0.15, 0.2) is 17.4 Å². The Morgan fingerprint density at radius 2 is 2.00 bits per heavy atom. The average Bonchev–Trinajstić information content (AvgIpc) is 2.95. The highest BCUT2D eigenvalue weighted by Crippen LogP contribution is 2.40. The van der Waals surface area contributed by atoms with Crippen LogP contribution in [0.25, 0.3) is 0 Å². The number of halogens is 2. The van der Waals surface area contributed by atoms with Crippen molar-refractivity contribution >= 4 is 0 Å². The summed E-state index contributed by atoms with van der Waals surface area (Å²) in [7, 11) is 0. The number of rotatable bonds is 2. The van der Waals surface area contributed by atoms with E-state index in [0.717, 1.165) is 18.9 Å². The quantitative estimate of drug-likeness (QED) is 0.766. The third-order valence-corrected chi connectivity index (χ3v) is 2.55. The van der Waals surface area contributed by atoms with Gasteiger partial charge in [-0.15, -0.1) is 0 Å². The van der Waals surface area contributed by atoms with E-state index in [1.54, 1.807) is 0 Å². The van der Waals surface area contributed by atoms with Crippen molar-refractivity contribution in [2.45, 2.75) is 18.9 Å². The Bertz CT molecular complexity index is 340. The predicted molar refractivity (Wildman–Crippen MR) is 47.7 cm³/mol. The number of phenolic OH excluding ortho intramolecular Hbond substituents is 1. The molecule has 0 spiro atoms. The summed E-state index contributed by atoms with van der Waals surface area (Å²) in [5, 5.41) is 9.06.